The molecule has 26 heavy (non-hydrogen) atoms. The van der Waals surface area contributed by atoms with Gasteiger partial charge in [0.2, 0.25) is 5.91 Å². The van der Waals surface area contributed by atoms with Gasteiger partial charge in [0.15, 0.2) is 0 Å². The molecule has 0 saturated heterocycles. The quantitative estimate of drug-likeness (QED) is 0.657. The number of benzene rings is 2. The zero-order valence-electron chi connectivity index (χ0n) is 15.3. The van der Waals surface area contributed by atoms with Crippen LogP contribution in [0.3, 0.4) is 0 Å². The lowest BCUT2D eigenvalue weighted by atomic mass is 9.73. The minimum atomic E-state index is -0.831. The first kappa shape index (κ1) is 17.9. The van der Waals surface area contributed by atoms with Crippen LogP contribution in [0, 0.1) is 5.41 Å². The maximum Gasteiger partial charge on any atom is 0.316 e. The molecule has 1 atom stereocenters. The number of ether oxygens (including phenoxy) is 1. The van der Waals surface area contributed by atoms with E-state index in [1.165, 1.54) is 6.26 Å². The number of amides is 1. The Bertz CT molecular complexity index is 849. The molecular weight excluding hydrogens is 326 g/mol. The second-order valence-electron chi connectivity index (χ2n) is 7.50. The molecule has 1 amide bonds. The topological polar surface area (TPSA) is 55.4 Å². The Balaban J connectivity index is 1.94. The summed E-state index contributed by atoms with van der Waals surface area (Å²) in [6.45, 7) is 5.40. The first-order valence-corrected chi connectivity index (χ1v) is 8.68. The van der Waals surface area contributed by atoms with Crippen molar-refractivity contribution in [2.24, 2.45) is 5.41 Å². The van der Waals surface area contributed by atoms with Gasteiger partial charge >= 0.3 is 5.97 Å². The van der Waals surface area contributed by atoms with Crippen molar-refractivity contribution < 1.29 is 14.3 Å². The molecule has 0 fully saturated rings. The van der Waals surface area contributed by atoms with Gasteiger partial charge in [-0.25, -0.2) is 0 Å². The van der Waals surface area contributed by atoms with Gasteiger partial charge in [-0.3, -0.25) is 9.59 Å². The van der Waals surface area contributed by atoms with Crippen LogP contribution in [-0.2, 0) is 19.7 Å². The van der Waals surface area contributed by atoms with Crippen LogP contribution >= 0.6 is 0 Å². The number of esters is 1. The van der Waals surface area contributed by atoms with E-state index in [1.54, 1.807) is 26.8 Å². The largest absolute Gasteiger partial charge is 0.434 e. The van der Waals surface area contributed by atoms with Gasteiger partial charge in [0.05, 0.1) is 11.7 Å². The summed E-state index contributed by atoms with van der Waals surface area (Å²) in [4.78, 5) is 24.9. The van der Waals surface area contributed by atoms with Gasteiger partial charge in [0.25, 0.3) is 0 Å². The molecule has 0 saturated carbocycles. The number of rotatable bonds is 4. The van der Waals surface area contributed by atoms with Gasteiger partial charge in [-0.15, -0.1) is 0 Å². The number of allylic oxidation sites excluding steroid dienone is 1. The van der Waals surface area contributed by atoms with Gasteiger partial charge < -0.3 is 10.1 Å². The van der Waals surface area contributed by atoms with Gasteiger partial charge in [-0.1, -0.05) is 48.5 Å². The van der Waals surface area contributed by atoms with Gasteiger partial charge in [0.1, 0.15) is 5.41 Å². The van der Waals surface area contributed by atoms with E-state index in [1.807, 2.05) is 54.6 Å². The van der Waals surface area contributed by atoms with Crippen molar-refractivity contribution in [3.8, 4) is 0 Å². The van der Waals surface area contributed by atoms with Gasteiger partial charge in [-0.05, 0) is 50.5 Å². The number of hydrogen-bond acceptors (Lipinski definition) is 3. The van der Waals surface area contributed by atoms with E-state index < -0.39 is 10.8 Å². The van der Waals surface area contributed by atoms with Gasteiger partial charge in [-0.2, -0.15) is 0 Å². The van der Waals surface area contributed by atoms with E-state index in [4.69, 9.17) is 4.74 Å². The van der Waals surface area contributed by atoms with Gasteiger partial charge in [0, 0.05) is 5.69 Å². The highest BCUT2D eigenvalue weighted by Gasteiger charge is 2.47. The lowest BCUT2D eigenvalue weighted by Gasteiger charge is -2.27. The van der Waals surface area contributed by atoms with Crippen LogP contribution in [0.15, 0.2) is 66.9 Å². The molecule has 1 aliphatic rings. The van der Waals surface area contributed by atoms with E-state index in [2.05, 4.69) is 5.32 Å². The smallest absolute Gasteiger partial charge is 0.316 e. The van der Waals surface area contributed by atoms with Crippen molar-refractivity contribution in [3.63, 3.8) is 0 Å². The highest BCUT2D eigenvalue weighted by Crippen LogP contribution is 2.45. The molecule has 0 spiro atoms. The Labute approximate surface area is 153 Å². The van der Waals surface area contributed by atoms with Crippen LogP contribution in [0.25, 0.3) is 0 Å². The predicted octanol–water partition coefficient (Wildman–Crippen LogP) is 4.42. The second-order valence-corrected chi connectivity index (χ2v) is 7.50. The van der Waals surface area contributed by atoms with Crippen molar-refractivity contribution in [1.82, 2.24) is 0 Å². The Hall–Kier alpha value is -2.88. The summed E-state index contributed by atoms with van der Waals surface area (Å²) in [5.41, 5.74) is 1.26. The van der Waals surface area contributed by atoms with Crippen molar-refractivity contribution in [3.05, 3.63) is 78.1 Å². The zero-order valence-corrected chi connectivity index (χ0v) is 15.3. The third-order valence-electron chi connectivity index (χ3n) is 4.60. The summed E-state index contributed by atoms with van der Waals surface area (Å²) in [6, 6.07) is 17.4. The Morgan fingerprint density at radius 3 is 2.42 bits per heavy atom. The standard InChI is InChI=1S/C22H23NO3/c1-21(2,3)20(25)26-15-9-14-22(16-10-5-4-6-11-16)17-12-7-8-13-18(17)23-19(22)24/h4-13,15H,14H2,1-3H3,(H,23,24)/b15-9+/t22-/m1/s1. The third-order valence-corrected chi connectivity index (χ3v) is 4.60. The van der Waals surface area contributed by atoms with Crippen LogP contribution in [0.4, 0.5) is 5.69 Å². The van der Waals surface area contributed by atoms with E-state index in [9.17, 15) is 9.59 Å². The zero-order chi connectivity index (χ0) is 18.8. The predicted molar refractivity (Wildman–Crippen MR) is 102 cm³/mol. The van der Waals surface area contributed by atoms with E-state index in [0.717, 1.165) is 16.8 Å². The van der Waals surface area contributed by atoms with Crippen molar-refractivity contribution in [2.45, 2.75) is 32.6 Å². The summed E-state index contributed by atoms with van der Waals surface area (Å²) >= 11 is 0. The average molecular weight is 349 g/mol. The van der Waals surface area contributed by atoms with Crippen LogP contribution in [0.5, 0.6) is 0 Å². The maximum atomic E-state index is 13.0. The van der Waals surface area contributed by atoms with E-state index >= 15 is 0 Å². The van der Waals surface area contributed by atoms with E-state index in [-0.39, 0.29) is 11.9 Å². The first-order valence-electron chi connectivity index (χ1n) is 8.68. The molecule has 1 aliphatic heterocycles. The summed E-state index contributed by atoms with van der Waals surface area (Å²) in [5, 5.41) is 2.98. The highest BCUT2D eigenvalue weighted by molar-refractivity contribution is 6.08. The monoisotopic (exact) mass is 349 g/mol. The summed E-state index contributed by atoms with van der Waals surface area (Å²) in [7, 11) is 0. The average Bonchev–Trinajstić information content (AvgIpc) is 2.91. The molecule has 2 aromatic carbocycles. The number of hydrogen-bond donors (Lipinski definition) is 1. The minimum absolute atomic E-state index is 0.0725. The summed E-state index contributed by atoms with van der Waals surface area (Å²) in [5.74, 6) is -0.379. The Morgan fingerprint density at radius 2 is 1.73 bits per heavy atom. The normalized spacial score (nSPS) is 19.3. The molecule has 134 valence electrons. The fourth-order valence-electron chi connectivity index (χ4n) is 3.16. The first-order chi connectivity index (χ1) is 12.4. The van der Waals surface area contributed by atoms with Crippen LogP contribution < -0.4 is 5.32 Å². The molecule has 0 bridgehead atoms. The molecule has 2 aromatic rings. The second kappa shape index (κ2) is 6.79. The van der Waals surface area contributed by atoms with Crippen LogP contribution in [0.1, 0.15) is 38.3 Å². The molecule has 3 rings (SSSR count). The van der Waals surface area contributed by atoms with E-state index in [0.29, 0.717) is 6.42 Å². The number of carbonyl (C=O) groups excluding carboxylic acids is 2. The molecule has 0 radical (unpaired) electrons. The van der Waals surface area contributed by atoms with Crippen molar-refractivity contribution >= 4 is 17.6 Å². The molecule has 0 aromatic heterocycles. The lowest BCUT2D eigenvalue weighted by Crippen LogP contribution is -2.35. The van der Waals surface area contributed by atoms with Crippen molar-refractivity contribution in [1.29, 1.82) is 0 Å². The molecule has 1 heterocycles. The number of nitrogens with one attached hydrogen (secondary N) is 1. The fourth-order valence-corrected chi connectivity index (χ4v) is 3.16. The Morgan fingerprint density at radius 1 is 1.08 bits per heavy atom. The highest BCUT2D eigenvalue weighted by atomic mass is 16.5. The molecule has 0 aliphatic carbocycles. The molecule has 4 heteroatoms. The maximum absolute atomic E-state index is 13.0. The summed E-state index contributed by atoms with van der Waals surface area (Å²) < 4.78 is 5.22. The third kappa shape index (κ3) is 3.15. The molecular formula is C22H23NO3. The molecule has 1 N–H and O–H groups in total. The number of anilines is 1. The number of carbonyl (C=O) groups is 2. The molecule has 0 unspecified atom stereocenters. The number of fused-ring (bicyclic) bond motifs is 1. The SMILES string of the molecule is CC(C)(C)C(=O)O/C=C/C[C@]1(c2ccccc2)C(=O)Nc2ccccc21. The minimum Gasteiger partial charge on any atom is -0.434 e. The van der Waals surface area contributed by atoms with Crippen LogP contribution in [0.2, 0.25) is 0 Å². The van der Waals surface area contributed by atoms with Crippen LogP contribution in [-0.4, -0.2) is 11.9 Å². The summed E-state index contributed by atoms with van der Waals surface area (Å²) in [6.07, 6.45) is 3.54. The molecule has 4 nitrogen and oxygen atoms in total. The van der Waals surface area contributed by atoms with Crippen molar-refractivity contribution in [2.75, 3.05) is 5.32 Å². The fraction of sp³-hybridized carbons (Fsp3) is 0.273. The lowest BCUT2D eigenvalue weighted by molar-refractivity contribution is -0.146. The number of para-hydroxylation sites is 1. The Kier molecular flexibility index (Phi) is 4.68.